The van der Waals surface area contributed by atoms with Crippen LogP contribution in [0.2, 0.25) is 5.02 Å². The Morgan fingerprint density at radius 3 is 2.54 bits per heavy atom. The van der Waals surface area contributed by atoms with Crippen LogP contribution in [-0.4, -0.2) is 30.2 Å². The number of ether oxygens (including phenoxy) is 2. The number of amides is 1. The van der Waals surface area contributed by atoms with Crippen LogP contribution in [-0.2, 0) is 16.1 Å². The fourth-order valence-electron chi connectivity index (χ4n) is 2.13. The van der Waals surface area contributed by atoms with E-state index in [0.717, 1.165) is 5.56 Å². The minimum absolute atomic E-state index is 0.0368. The summed E-state index contributed by atoms with van der Waals surface area (Å²) in [5.74, 6) is -0.0259. The Kier molecular flexibility index (Phi) is 7.76. The maximum Gasteiger partial charge on any atom is 0.303 e. The van der Waals surface area contributed by atoms with Gasteiger partial charge in [-0.15, -0.1) is 0 Å². The molecule has 0 aliphatic carbocycles. The van der Waals surface area contributed by atoms with Crippen LogP contribution >= 0.6 is 11.6 Å². The molecule has 2 aromatic rings. The van der Waals surface area contributed by atoms with E-state index in [2.05, 4.69) is 5.32 Å². The van der Waals surface area contributed by atoms with Gasteiger partial charge in [0.15, 0.2) is 0 Å². The van der Waals surface area contributed by atoms with Gasteiger partial charge in [-0.3, -0.25) is 9.59 Å². The number of halogens is 1. The molecule has 0 aliphatic rings. The van der Waals surface area contributed by atoms with E-state index in [4.69, 9.17) is 26.2 Å². The molecule has 0 unspecified atom stereocenters. The Morgan fingerprint density at radius 2 is 1.77 bits per heavy atom. The summed E-state index contributed by atoms with van der Waals surface area (Å²) in [6.07, 6.45) is -0.217. The van der Waals surface area contributed by atoms with Gasteiger partial charge in [0.05, 0.1) is 11.4 Å². The molecule has 2 N–H and O–H groups in total. The van der Waals surface area contributed by atoms with Crippen molar-refractivity contribution in [3.05, 3.63) is 59.1 Å². The largest absolute Gasteiger partial charge is 0.490 e. The topological polar surface area (TPSA) is 84.9 Å². The van der Waals surface area contributed by atoms with Crippen LogP contribution in [0.4, 0.5) is 0 Å². The zero-order valence-corrected chi connectivity index (χ0v) is 14.9. The Morgan fingerprint density at radius 1 is 1.00 bits per heavy atom. The van der Waals surface area contributed by atoms with E-state index in [-0.39, 0.29) is 18.7 Å². The van der Waals surface area contributed by atoms with Crippen LogP contribution < -0.4 is 14.8 Å². The molecule has 2 aromatic carbocycles. The molecule has 6 nitrogen and oxygen atoms in total. The highest BCUT2D eigenvalue weighted by molar-refractivity contribution is 6.32. The molecule has 0 bridgehead atoms. The summed E-state index contributed by atoms with van der Waals surface area (Å²) < 4.78 is 11.2. The number of hydrogen-bond donors (Lipinski definition) is 2. The lowest BCUT2D eigenvalue weighted by atomic mass is 10.2. The van der Waals surface area contributed by atoms with Crippen molar-refractivity contribution < 1.29 is 24.2 Å². The summed E-state index contributed by atoms with van der Waals surface area (Å²) in [6.45, 7) is 1.01. The molecule has 7 heteroatoms. The van der Waals surface area contributed by atoms with Gasteiger partial charge in [0, 0.05) is 13.0 Å². The number of carbonyl (C=O) groups excluding carboxylic acids is 1. The van der Waals surface area contributed by atoms with Gasteiger partial charge in [-0.1, -0.05) is 35.9 Å². The molecule has 0 heterocycles. The number of aliphatic carboxylic acids is 1. The van der Waals surface area contributed by atoms with Crippen molar-refractivity contribution in [2.24, 2.45) is 0 Å². The summed E-state index contributed by atoms with van der Waals surface area (Å²) >= 11 is 6.01. The van der Waals surface area contributed by atoms with Crippen molar-refractivity contribution >= 4 is 23.5 Å². The first kappa shape index (κ1) is 19.6. The highest BCUT2D eigenvalue weighted by atomic mass is 35.5. The Labute approximate surface area is 156 Å². The number of para-hydroxylation sites is 1. The van der Waals surface area contributed by atoms with Crippen LogP contribution in [0.5, 0.6) is 11.5 Å². The Hall–Kier alpha value is -2.73. The predicted molar refractivity (Wildman–Crippen MR) is 97.6 cm³/mol. The standard InChI is InChI=1S/C19H20ClNO5/c20-16-6-1-2-7-17(16)26-11-10-25-15-5-3-4-14(12-15)13-21-18(22)8-9-19(23)24/h1-7,12H,8-11,13H2,(H,21,22)(H,23,24). The first-order valence-electron chi connectivity index (χ1n) is 8.12. The summed E-state index contributed by atoms with van der Waals surface area (Å²) in [5.41, 5.74) is 0.859. The fourth-order valence-corrected chi connectivity index (χ4v) is 2.32. The van der Waals surface area contributed by atoms with Crippen molar-refractivity contribution in [2.45, 2.75) is 19.4 Å². The van der Waals surface area contributed by atoms with Crippen molar-refractivity contribution in [2.75, 3.05) is 13.2 Å². The SMILES string of the molecule is O=C(O)CCC(=O)NCc1cccc(OCCOc2ccccc2Cl)c1. The first-order valence-corrected chi connectivity index (χ1v) is 8.50. The number of carboxylic acids is 1. The summed E-state index contributed by atoms with van der Waals surface area (Å²) in [6, 6.07) is 14.5. The second-order valence-corrected chi connectivity index (χ2v) is 5.85. The lowest BCUT2D eigenvalue weighted by Gasteiger charge is -2.10. The van der Waals surface area contributed by atoms with E-state index in [1.807, 2.05) is 36.4 Å². The second-order valence-electron chi connectivity index (χ2n) is 5.45. The third-order valence-electron chi connectivity index (χ3n) is 3.40. The van der Waals surface area contributed by atoms with Crippen molar-refractivity contribution in [3.63, 3.8) is 0 Å². The maximum absolute atomic E-state index is 11.5. The Bertz CT molecular complexity index is 750. The molecule has 0 saturated carbocycles. The summed E-state index contributed by atoms with van der Waals surface area (Å²) in [7, 11) is 0. The van der Waals surface area contributed by atoms with Gasteiger partial charge < -0.3 is 19.9 Å². The molecule has 1 amide bonds. The molecule has 0 fully saturated rings. The van der Waals surface area contributed by atoms with E-state index < -0.39 is 5.97 Å². The monoisotopic (exact) mass is 377 g/mol. The molecular formula is C19H20ClNO5. The predicted octanol–water partition coefficient (Wildman–Crippen LogP) is 3.28. The third-order valence-corrected chi connectivity index (χ3v) is 3.71. The van der Waals surface area contributed by atoms with Crippen LogP contribution in [0.25, 0.3) is 0 Å². The fraction of sp³-hybridized carbons (Fsp3) is 0.263. The van der Waals surface area contributed by atoms with Crippen molar-refractivity contribution in [1.82, 2.24) is 5.32 Å². The second kappa shape index (κ2) is 10.3. The molecule has 0 radical (unpaired) electrons. The van der Waals surface area contributed by atoms with Gasteiger partial charge in [-0.25, -0.2) is 0 Å². The van der Waals surface area contributed by atoms with E-state index in [9.17, 15) is 9.59 Å². The number of carboxylic acid groups (broad SMARTS) is 1. The number of benzene rings is 2. The van der Waals surface area contributed by atoms with Crippen molar-refractivity contribution in [3.8, 4) is 11.5 Å². The molecule has 0 aliphatic heterocycles. The minimum atomic E-state index is -0.991. The van der Waals surface area contributed by atoms with Gasteiger partial charge in [-0.05, 0) is 29.8 Å². The maximum atomic E-state index is 11.5. The lowest BCUT2D eigenvalue weighted by molar-refractivity contribution is -0.138. The minimum Gasteiger partial charge on any atom is -0.490 e. The van der Waals surface area contributed by atoms with Gasteiger partial charge >= 0.3 is 5.97 Å². The molecule has 0 atom stereocenters. The molecule has 2 rings (SSSR count). The van der Waals surface area contributed by atoms with E-state index in [1.165, 1.54) is 0 Å². The average Bonchev–Trinajstić information content (AvgIpc) is 2.63. The van der Waals surface area contributed by atoms with Gasteiger partial charge in [-0.2, -0.15) is 0 Å². The number of hydrogen-bond acceptors (Lipinski definition) is 4. The molecule has 0 aromatic heterocycles. The average molecular weight is 378 g/mol. The van der Waals surface area contributed by atoms with Crippen LogP contribution in [0, 0.1) is 0 Å². The lowest BCUT2D eigenvalue weighted by Crippen LogP contribution is -2.23. The zero-order chi connectivity index (χ0) is 18.8. The highest BCUT2D eigenvalue weighted by Gasteiger charge is 2.05. The third kappa shape index (κ3) is 7.03. The quantitative estimate of drug-likeness (QED) is 0.621. The number of rotatable bonds is 10. The van der Waals surface area contributed by atoms with Gasteiger partial charge in [0.2, 0.25) is 5.91 Å². The van der Waals surface area contributed by atoms with Gasteiger partial charge in [0.25, 0.3) is 0 Å². The van der Waals surface area contributed by atoms with E-state index >= 15 is 0 Å². The van der Waals surface area contributed by atoms with E-state index in [0.29, 0.717) is 36.3 Å². The molecule has 26 heavy (non-hydrogen) atoms. The molecule has 138 valence electrons. The number of carbonyl (C=O) groups is 2. The summed E-state index contributed by atoms with van der Waals surface area (Å²) in [4.78, 5) is 22.0. The highest BCUT2D eigenvalue weighted by Crippen LogP contribution is 2.23. The van der Waals surface area contributed by atoms with Gasteiger partial charge in [0.1, 0.15) is 24.7 Å². The zero-order valence-electron chi connectivity index (χ0n) is 14.1. The first-order chi connectivity index (χ1) is 12.5. The van der Waals surface area contributed by atoms with Crippen LogP contribution in [0.1, 0.15) is 18.4 Å². The van der Waals surface area contributed by atoms with Crippen LogP contribution in [0.15, 0.2) is 48.5 Å². The number of nitrogens with one attached hydrogen (secondary N) is 1. The normalized spacial score (nSPS) is 10.2. The van der Waals surface area contributed by atoms with E-state index in [1.54, 1.807) is 12.1 Å². The molecule has 0 spiro atoms. The Balaban J connectivity index is 1.73. The summed E-state index contributed by atoms with van der Waals surface area (Å²) in [5, 5.41) is 11.8. The smallest absolute Gasteiger partial charge is 0.303 e. The molecule has 0 saturated heterocycles. The van der Waals surface area contributed by atoms with Crippen molar-refractivity contribution in [1.29, 1.82) is 0 Å². The van der Waals surface area contributed by atoms with Crippen LogP contribution in [0.3, 0.4) is 0 Å². The molecular weight excluding hydrogens is 358 g/mol.